The largest absolute Gasteiger partial charge is 0.399 e. The average molecular weight is 218 g/mol. The highest BCUT2D eigenvalue weighted by molar-refractivity contribution is 5.39. The molecule has 0 atom stereocenters. The van der Waals surface area contributed by atoms with E-state index >= 15 is 0 Å². The predicted octanol–water partition coefficient (Wildman–Crippen LogP) is 2.73. The molecule has 2 heteroatoms. The maximum absolute atomic E-state index is 5.66. The van der Waals surface area contributed by atoms with Gasteiger partial charge in [0.2, 0.25) is 0 Å². The Morgan fingerprint density at radius 3 is 2.44 bits per heavy atom. The molecule has 1 aromatic rings. The second-order valence-electron chi connectivity index (χ2n) is 4.78. The number of nitrogen functional groups attached to an aromatic ring is 1. The van der Waals surface area contributed by atoms with Gasteiger partial charge in [0.1, 0.15) is 0 Å². The Kier molecular flexibility index (Phi) is 4.23. The van der Waals surface area contributed by atoms with E-state index in [1.807, 2.05) is 12.1 Å². The quantitative estimate of drug-likeness (QED) is 0.763. The molecule has 1 saturated carbocycles. The maximum atomic E-state index is 5.66. The van der Waals surface area contributed by atoms with E-state index in [9.17, 15) is 0 Å². The van der Waals surface area contributed by atoms with Crippen LogP contribution in [0.3, 0.4) is 0 Å². The molecule has 1 aromatic carbocycles. The van der Waals surface area contributed by atoms with Crippen LogP contribution in [0.5, 0.6) is 0 Å². The third-order valence-corrected chi connectivity index (χ3v) is 3.43. The van der Waals surface area contributed by atoms with Crippen molar-refractivity contribution in [2.24, 2.45) is 0 Å². The summed E-state index contributed by atoms with van der Waals surface area (Å²) in [6.07, 6.45) is 8.06. The van der Waals surface area contributed by atoms with Crippen LogP contribution in [0.1, 0.15) is 37.7 Å². The van der Waals surface area contributed by atoms with Crippen molar-refractivity contribution in [2.45, 2.75) is 44.6 Å². The topological polar surface area (TPSA) is 38.0 Å². The first-order valence-corrected chi connectivity index (χ1v) is 6.42. The summed E-state index contributed by atoms with van der Waals surface area (Å²) < 4.78 is 0. The Balaban J connectivity index is 1.69. The third-order valence-electron chi connectivity index (χ3n) is 3.43. The highest BCUT2D eigenvalue weighted by Gasteiger charge is 2.11. The van der Waals surface area contributed by atoms with Crippen molar-refractivity contribution in [1.82, 2.24) is 5.32 Å². The van der Waals surface area contributed by atoms with Crippen LogP contribution in [-0.4, -0.2) is 12.6 Å². The molecule has 3 N–H and O–H groups in total. The van der Waals surface area contributed by atoms with Crippen molar-refractivity contribution in [1.29, 1.82) is 0 Å². The van der Waals surface area contributed by atoms with E-state index in [1.54, 1.807) is 0 Å². The summed E-state index contributed by atoms with van der Waals surface area (Å²) in [7, 11) is 0. The summed E-state index contributed by atoms with van der Waals surface area (Å²) in [5.74, 6) is 0. The fourth-order valence-electron chi connectivity index (χ4n) is 2.41. The lowest BCUT2D eigenvalue weighted by Crippen LogP contribution is -2.32. The van der Waals surface area contributed by atoms with E-state index in [0.29, 0.717) is 0 Å². The lowest BCUT2D eigenvalue weighted by molar-refractivity contribution is 0.375. The zero-order valence-electron chi connectivity index (χ0n) is 9.91. The van der Waals surface area contributed by atoms with Crippen LogP contribution in [0.2, 0.25) is 0 Å². The number of benzene rings is 1. The van der Waals surface area contributed by atoms with Gasteiger partial charge in [-0.1, -0.05) is 31.4 Å². The minimum atomic E-state index is 0.766. The van der Waals surface area contributed by atoms with E-state index < -0.39 is 0 Å². The molecule has 2 rings (SSSR count). The van der Waals surface area contributed by atoms with Gasteiger partial charge in [0.05, 0.1) is 0 Å². The Morgan fingerprint density at radius 1 is 1.06 bits per heavy atom. The number of nitrogens with one attached hydrogen (secondary N) is 1. The Morgan fingerprint density at radius 2 is 1.75 bits per heavy atom. The summed E-state index contributed by atoms with van der Waals surface area (Å²) in [6.45, 7) is 1.09. The predicted molar refractivity (Wildman–Crippen MR) is 69.4 cm³/mol. The Bertz CT molecular complexity index is 299. The van der Waals surface area contributed by atoms with Gasteiger partial charge in [0.25, 0.3) is 0 Å². The Hall–Kier alpha value is -1.02. The molecule has 1 aliphatic carbocycles. The van der Waals surface area contributed by atoms with Crippen molar-refractivity contribution in [2.75, 3.05) is 12.3 Å². The minimum Gasteiger partial charge on any atom is -0.399 e. The fraction of sp³-hybridized carbons (Fsp3) is 0.571. The molecule has 2 nitrogen and oxygen atoms in total. The zero-order valence-corrected chi connectivity index (χ0v) is 9.91. The van der Waals surface area contributed by atoms with Crippen LogP contribution in [0, 0.1) is 0 Å². The van der Waals surface area contributed by atoms with Crippen molar-refractivity contribution in [3.63, 3.8) is 0 Å². The van der Waals surface area contributed by atoms with Crippen LogP contribution in [0.25, 0.3) is 0 Å². The molecule has 0 amide bonds. The SMILES string of the molecule is Nc1ccc(CCNC2CCCCC2)cc1. The summed E-state index contributed by atoms with van der Waals surface area (Å²) in [5, 5.41) is 3.65. The van der Waals surface area contributed by atoms with Gasteiger partial charge in [-0.25, -0.2) is 0 Å². The molecule has 0 heterocycles. The standard InChI is InChI=1S/C14H22N2/c15-13-8-6-12(7-9-13)10-11-16-14-4-2-1-3-5-14/h6-9,14,16H,1-5,10-11,15H2. The van der Waals surface area contributed by atoms with Crippen LogP contribution >= 0.6 is 0 Å². The van der Waals surface area contributed by atoms with Crippen LogP contribution < -0.4 is 11.1 Å². The number of anilines is 1. The van der Waals surface area contributed by atoms with Gasteiger partial charge < -0.3 is 11.1 Å². The van der Waals surface area contributed by atoms with Crippen molar-refractivity contribution in [3.8, 4) is 0 Å². The molecule has 88 valence electrons. The molecular formula is C14H22N2. The van der Waals surface area contributed by atoms with Gasteiger partial charge in [-0.15, -0.1) is 0 Å². The lowest BCUT2D eigenvalue weighted by Gasteiger charge is -2.22. The second kappa shape index (κ2) is 5.90. The molecule has 0 aromatic heterocycles. The molecule has 0 radical (unpaired) electrons. The summed E-state index contributed by atoms with van der Waals surface area (Å²) >= 11 is 0. The Labute approximate surface area is 98.2 Å². The summed E-state index contributed by atoms with van der Waals surface area (Å²) in [6, 6.07) is 8.98. The number of rotatable bonds is 4. The van der Waals surface area contributed by atoms with E-state index in [0.717, 1.165) is 24.7 Å². The van der Waals surface area contributed by atoms with E-state index in [4.69, 9.17) is 5.73 Å². The molecule has 0 aliphatic heterocycles. The van der Waals surface area contributed by atoms with Gasteiger partial charge in [-0.2, -0.15) is 0 Å². The van der Waals surface area contributed by atoms with E-state index in [2.05, 4.69) is 17.4 Å². The zero-order chi connectivity index (χ0) is 11.2. The molecule has 1 fully saturated rings. The average Bonchev–Trinajstić information content (AvgIpc) is 2.33. The van der Waals surface area contributed by atoms with Crippen molar-refractivity contribution < 1.29 is 0 Å². The van der Waals surface area contributed by atoms with E-state index in [-0.39, 0.29) is 0 Å². The number of hydrogen-bond donors (Lipinski definition) is 2. The summed E-state index contributed by atoms with van der Waals surface area (Å²) in [4.78, 5) is 0. The molecule has 1 aliphatic rings. The second-order valence-corrected chi connectivity index (χ2v) is 4.78. The molecule has 0 spiro atoms. The third kappa shape index (κ3) is 3.53. The highest BCUT2D eigenvalue weighted by Crippen LogP contribution is 2.17. The highest BCUT2D eigenvalue weighted by atomic mass is 14.9. The van der Waals surface area contributed by atoms with Crippen LogP contribution in [-0.2, 0) is 6.42 Å². The maximum Gasteiger partial charge on any atom is 0.0314 e. The van der Waals surface area contributed by atoms with Gasteiger partial charge >= 0.3 is 0 Å². The first-order chi connectivity index (χ1) is 7.84. The van der Waals surface area contributed by atoms with Gasteiger partial charge in [0, 0.05) is 11.7 Å². The molecule has 0 bridgehead atoms. The van der Waals surface area contributed by atoms with Crippen molar-refractivity contribution in [3.05, 3.63) is 29.8 Å². The minimum absolute atomic E-state index is 0.766. The normalized spacial score (nSPS) is 17.5. The van der Waals surface area contributed by atoms with Gasteiger partial charge in [-0.05, 0) is 43.5 Å². The lowest BCUT2D eigenvalue weighted by atomic mass is 9.95. The molecule has 0 unspecified atom stereocenters. The summed E-state index contributed by atoms with van der Waals surface area (Å²) in [5.41, 5.74) is 7.88. The molecule has 16 heavy (non-hydrogen) atoms. The van der Waals surface area contributed by atoms with Crippen LogP contribution in [0.4, 0.5) is 5.69 Å². The molecular weight excluding hydrogens is 196 g/mol. The smallest absolute Gasteiger partial charge is 0.0314 e. The molecule has 0 saturated heterocycles. The van der Waals surface area contributed by atoms with Gasteiger partial charge in [0.15, 0.2) is 0 Å². The number of nitrogens with two attached hydrogens (primary N) is 1. The fourth-order valence-corrected chi connectivity index (χ4v) is 2.41. The van der Waals surface area contributed by atoms with E-state index in [1.165, 1.54) is 37.7 Å². The van der Waals surface area contributed by atoms with Crippen molar-refractivity contribution >= 4 is 5.69 Å². The number of hydrogen-bond acceptors (Lipinski definition) is 2. The van der Waals surface area contributed by atoms with Crippen LogP contribution in [0.15, 0.2) is 24.3 Å². The first-order valence-electron chi connectivity index (χ1n) is 6.42. The first kappa shape index (κ1) is 11.5. The monoisotopic (exact) mass is 218 g/mol. The van der Waals surface area contributed by atoms with Gasteiger partial charge in [-0.3, -0.25) is 0 Å².